The fraction of sp³-hybridized carbons (Fsp3) is 0.238. The van der Waals surface area contributed by atoms with Gasteiger partial charge in [0.2, 0.25) is 0 Å². The predicted molar refractivity (Wildman–Crippen MR) is 104 cm³/mol. The first-order valence-electron chi connectivity index (χ1n) is 8.66. The maximum atomic E-state index is 12.4. The second-order valence-corrected chi connectivity index (χ2v) is 6.16. The van der Waals surface area contributed by atoms with Crippen LogP contribution in [-0.2, 0) is 16.1 Å². The Balaban J connectivity index is 1.64. The van der Waals surface area contributed by atoms with Gasteiger partial charge in [0, 0.05) is 36.4 Å². The van der Waals surface area contributed by atoms with Crippen molar-refractivity contribution in [1.82, 2.24) is 4.57 Å². The van der Waals surface area contributed by atoms with Gasteiger partial charge in [-0.25, -0.2) is 0 Å². The zero-order valence-corrected chi connectivity index (χ0v) is 15.3. The lowest BCUT2D eigenvalue weighted by atomic mass is 10.2. The van der Waals surface area contributed by atoms with Gasteiger partial charge < -0.3 is 19.4 Å². The molecular formula is C21H21N3O3. The Morgan fingerprint density at radius 1 is 1.22 bits per heavy atom. The third-order valence-corrected chi connectivity index (χ3v) is 4.24. The summed E-state index contributed by atoms with van der Waals surface area (Å²) in [6.07, 6.45) is 1.34. The van der Waals surface area contributed by atoms with Crippen molar-refractivity contribution in [1.29, 1.82) is 5.26 Å². The Kier molecular flexibility index (Phi) is 5.74. The number of carbonyl (C=O) groups is 1. The smallest absolute Gasteiger partial charge is 0.265 e. The number of methoxy groups -OCH3 is 1. The minimum Gasteiger partial charge on any atom is -0.481 e. The molecule has 6 heteroatoms. The summed E-state index contributed by atoms with van der Waals surface area (Å²) in [5, 5.41) is 12.7. The Labute approximate surface area is 157 Å². The van der Waals surface area contributed by atoms with Gasteiger partial charge >= 0.3 is 0 Å². The van der Waals surface area contributed by atoms with Crippen LogP contribution in [0.2, 0.25) is 0 Å². The highest BCUT2D eigenvalue weighted by Crippen LogP contribution is 2.21. The van der Waals surface area contributed by atoms with Crippen LogP contribution >= 0.6 is 0 Å². The second kappa shape index (κ2) is 8.39. The van der Waals surface area contributed by atoms with Crippen molar-refractivity contribution >= 4 is 22.5 Å². The number of hydrogen-bond acceptors (Lipinski definition) is 4. The highest BCUT2D eigenvalue weighted by molar-refractivity contribution is 5.96. The molecule has 2 aromatic carbocycles. The number of nitriles is 1. The summed E-state index contributed by atoms with van der Waals surface area (Å²) < 4.78 is 12.9. The van der Waals surface area contributed by atoms with Gasteiger partial charge in [-0.1, -0.05) is 0 Å². The van der Waals surface area contributed by atoms with Gasteiger partial charge in [-0.05, 0) is 55.5 Å². The van der Waals surface area contributed by atoms with Gasteiger partial charge in [0.15, 0.2) is 6.10 Å². The number of benzene rings is 2. The molecule has 1 unspecified atom stereocenters. The number of amides is 1. The third-order valence-electron chi connectivity index (χ3n) is 4.24. The van der Waals surface area contributed by atoms with E-state index < -0.39 is 6.10 Å². The van der Waals surface area contributed by atoms with Crippen LogP contribution in [-0.4, -0.2) is 30.3 Å². The van der Waals surface area contributed by atoms with E-state index in [1.807, 2.05) is 36.5 Å². The van der Waals surface area contributed by atoms with Crippen molar-refractivity contribution in [3.63, 3.8) is 0 Å². The largest absolute Gasteiger partial charge is 0.481 e. The van der Waals surface area contributed by atoms with Gasteiger partial charge in [0.1, 0.15) is 5.75 Å². The monoisotopic (exact) mass is 363 g/mol. The molecule has 1 amide bonds. The van der Waals surface area contributed by atoms with Gasteiger partial charge in [0.05, 0.1) is 18.2 Å². The molecule has 0 fully saturated rings. The lowest BCUT2D eigenvalue weighted by Crippen LogP contribution is -2.30. The molecule has 1 N–H and O–H groups in total. The molecule has 0 bridgehead atoms. The number of carbonyl (C=O) groups excluding carboxylic acids is 1. The highest BCUT2D eigenvalue weighted by Gasteiger charge is 2.15. The maximum Gasteiger partial charge on any atom is 0.265 e. The van der Waals surface area contributed by atoms with E-state index in [0.717, 1.165) is 17.4 Å². The standard InChI is InChI=1S/C21H21N3O3/c1-15(27-19-6-3-16(14-22)4-7-19)21(25)23-18-5-8-20-17(13-18)9-10-24(20)11-12-26-2/h3-10,13,15H,11-12H2,1-2H3,(H,23,25). The molecule has 1 heterocycles. The van der Waals surface area contributed by atoms with Crippen LogP contribution in [0.1, 0.15) is 12.5 Å². The van der Waals surface area contributed by atoms with Crippen LogP contribution < -0.4 is 10.1 Å². The lowest BCUT2D eigenvalue weighted by Gasteiger charge is -2.15. The van der Waals surface area contributed by atoms with E-state index in [9.17, 15) is 4.79 Å². The van der Waals surface area contributed by atoms with Crippen molar-refractivity contribution in [2.75, 3.05) is 19.0 Å². The zero-order valence-electron chi connectivity index (χ0n) is 15.3. The number of anilines is 1. The minimum absolute atomic E-state index is 0.238. The average molecular weight is 363 g/mol. The first-order chi connectivity index (χ1) is 13.1. The van der Waals surface area contributed by atoms with Crippen LogP contribution in [0.15, 0.2) is 54.7 Å². The van der Waals surface area contributed by atoms with Gasteiger partial charge in [0.25, 0.3) is 5.91 Å². The molecule has 1 aromatic heterocycles. The van der Waals surface area contributed by atoms with Crippen LogP contribution in [0.5, 0.6) is 5.75 Å². The molecule has 3 rings (SSSR count). The summed E-state index contributed by atoms with van der Waals surface area (Å²) in [6.45, 7) is 3.11. The fourth-order valence-corrected chi connectivity index (χ4v) is 2.77. The molecule has 1 atom stereocenters. The zero-order chi connectivity index (χ0) is 19.2. The number of fused-ring (bicyclic) bond motifs is 1. The summed E-state index contributed by atoms with van der Waals surface area (Å²) in [6, 6.07) is 16.5. The van der Waals surface area contributed by atoms with Gasteiger partial charge in [-0.2, -0.15) is 5.26 Å². The summed E-state index contributed by atoms with van der Waals surface area (Å²) in [4.78, 5) is 12.4. The average Bonchev–Trinajstić information content (AvgIpc) is 3.09. The van der Waals surface area contributed by atoms with Crippen LogP contribution in [0, 0.1) is 11.3 Å². The lowest BCUT2D eigenvalue weighted by molar-refractivity contribution is -0.122. The summed E-state index contributed by atoms with van der Waals surface area (Å²) in [5.41, 5.74) is 2.35. The quantitative estimate of drug-likeness (QED) is 0.696. The Morgan fingerprint density at radius 2 is 2.00 bits per heavy atom. The number of nitrogens with zero attached hydrogens (tertiary/aromatic N) is 2. The van der Waals surface area contributed by atoms with Crippen molar-refractivity contribution < 1.29 is 14.3 Å². The van der Waals surface area contributed by atoms with Crippen LogP contribution in [0.25, 0.3) is 10.9 Å². The summed E-state index contributed by atoms with van der Waals surface area (Å²) in [5.74, 6) is 0.305. The molecule has 27 heavy (non-hydrogen) atoms. The Bertz CT molecular complexity index is 970. The molecule has 0 aliphatic carbocycles. The molecule has 0 saturated carbocycles. The Morgan fingerprint density at radius 3 is 2.70 bits per heavy atom. The molecule has 3 aromatic rings. The van der Waals surface area contributed by atoms with E-state index in [2.05, 4.69) is 9.88 Å². The molecule has 0 aliphatic heterocycles. The fourth-order valence-electron chi connectivity index (χ4n) is 2.77. The van der Waals surface area contributed by atoms with Gasteiger partial charge in [-0.15, -0.1) is 0 Å². The van der Waals surface area contributed by atoms with E-state index in [1.165, 1.54) is 0 Å². The SMILES string of the molecule is COCCn1ccc2cc(NC(=O)C(C)Oc3ccc(C#N)cc3)ccc21. The Hall–Kier alpha value is -3.30. The van der Waals surface area contributed by atoms with Crippen molar-refractivity contribution in [3.05, 3.63) is 60.3 Å². The minimum atomic E-state index is -0.667. The summed E-state index contributed by atoms with van der Waals surface area (Å²) >= 11 is 0. The number of rotatable bonds is 7. The third kappa shape index (κ3) is 4.46. The van der Waals surface area contributed by atoms with Crippen molar-refractivity contribution in [2.24, 2.45) is 0 Å². The number of hydrogen-bond donors (Lipinski definition) is 1. The predicted octanol–water partition coefficient (Wildman–Crippen LogP) is 3.57. The van der Waals surface area contributed by atoms with E-state index in [-0.39, 0.29) is 5.91 Å². The molecule has 6 nitrogen and oxygen atoms in total. The molecule has 138 valence electrons. The number of aromatic nitrogens is 1. The molecule has 0 radical (unpaired) electrons. The highest BCUT2D eigenvalue weighted by atomic mass is 16.5. The first kappa shape index (κ1) is 18.5. The van der Waals surface area contributed by atoms with Crippen LogP contribution in [0.3, 0.4) is 0 Å². The van der Waals surface area contributed by atoms with E-state index in [4.69, 9.17) is 14.7 Å². The first-order valence-corrected chi connectivity index (χ1v) is 8.66. The molecule has 0 saturated heterocycles. The van der Waals surface area contributed by atoms with Crippen molar-refractivity contribution in [3.8, 4) is 11.8 Å². The number of ether oxygens (including phenoxy) is 2. The molecule has 0 aliphatic rings. The van der Waals surface area contributed by atoms with E-state index in [0.29, 0.717) is 23.6 Å². The summed E-state index contributed by atoms with van der Waals surface area (Å²) in [7, 11) is 1.68. The maximum absolute atomic E-state index is 12.4. The van der Waals surface area contributed by atoms with E-state index in [1.54, 1.807) is 38.3 Å². The van der Waals surface area contributed by atoms with E-state index >= 15 is 0 Å². The normalized spacial score (nSPS) is 11.7. The van der Waals surface area contributed by atoms with Crippen molar-refractivity contribution in [2.45, 2.75) is 19.6 Å². The number of nitrogens with one attached hydrogen (secondary N) is 1. The second-order valence-electron chi connectivity index (χ2n) is 6.16. The topological polar surface area (TPSA) is 76.3 Å². The van der Waals surface area contributed by atoms with Crippen LogP contribution in [0.4, 0.5) is 5.69 Å². The van der Waals surface area contributed by atoms with Gasteiger partial charge in [-0.3, -0.25) is 4.79 Å². The molecule has 0 spiro atoms. The molecular weight excluding hydrogens is 342 g/mol.